The molecule has 2 saturated carbocycles. The SMILES string of the molecule is CCC(C)(C)C(=O)O.CCC(C)(C)C(=O)OC1CC2CCC1(C)C2(C)C. The van der Waals surface area contributed by atoms with Crippen LogP contribution >= 0.6 is 0 Å². The van der Waals surface area contributed by atoms with Crippen molar-refractivity contribution in [1.82, 2.24) is 0 Å². The minimum absolute atomic E-state index is 0.0143. The van der Waals surface area contributed by atoms with Gasteiger partial charge in [-0.15, -0.1) is 0 Å². The number of fused-ring (bicyclic) bond motifs is 2. The Kier molecular flexibility index (Phi) is 6.64. The highest BCUT2D eigenvalue weighted by Gasteiger charge is 2.63. The minimum Gasteiger partial charge on any atom is -0.481 e. The summed E-state index contributed by atoms with van der Waals surface area (Å²) in [5.74, 6) is -0.00962. The van der Waals surface area contributed by atoms with E-state index in [1.54, 1.807) is 13.8 Å². The second kappa shape index (κ2) is 7.52. The van der Waals surface area contributed by atoms with Gasteiger partial charge in [0.1, 0.15) is 6.10 Å². The largest absolute Gasteiger partial charge is 0.481 e. The molecule has 0 heterocycles. The first-order valence-corrected chi connectivity index (χ1v) is 10.1. The number of hydrogen-bond donors (Lipinski definition) is 1. The van der Waals surface area contributed by atoms with Crippen molar-refractivity contribution in [2.24, 2.45) is 27.6 Å². The lowest BCUT2D eigenvalue weighted by molar-refractivity contribution is -0.167. The number of esters is 1. The van der Waals surface area contributed by atoms with E-state index in [4.69, 9.17) is 9.84 Å². The number of carbonyl (C=O) groups is 2. The van der Waals surface area contributed by atoms with Gasteiger partial charge in [-0.1, -0.05) is 34.6 Å². The van der Waals surface area contributed by atoms with Crippen molar-refractivity contribution in [3.63, 3.8) is 0 Å². The highest BCUT2D eigenvalue weighted by molar-refractivity contribution is 5.76. The molecule has 2 fully saturated rings. The Morgan fingerprint density at radius 2 is 1.54 bits per heavy atom. The van der Waals surface area contributed by atoms with Crippen molar-refractivity contribution in [2.45, 2.75) is 101 Å². The van der Waals surface area contributed by atoms with E-state index < -0.39 is 11.4 Å². The molecule has 2 aliphatic rings. The average Bonchev–Trinajstić information content (AvgIpc) is 2.88. The van der Waals surface area contributed by atoms with Crippen LogP contribution in [-0.4, -0.2) is 23.1 Å². The fraction of sp³-hybridized carbons (Fsp3) is 0.909. The van der Waals surface area contributed by atoms with Gasteiger partial charge in [0.25, 0.3) is 0 Å². The number of carbonyl (C=O) groups excluding carboxylic acids is 1. The van der Waals surface area contributed by atoms with Crippen LogP contribution in [0.25, 0.3) is 0 Å². The van der Waals surface area contributed by atoms with Crippen LogP contribution in [0.1, 0.15) is 94.4 Å². The summed E-state index contributed by atoms with van der Waals surface area (Å²) in [4.78, 5) is 22.5. The van der Waals surface area contributed by atoms with Crippen LogP contribution in [0.15, 0.2) is 0 Å². The zero-order valence-corrected chi connectivity index (χ0v) is 18.4. The highest BCUT2D eigenvalue weighted by Crippen LogP contribution is 2.66. The molecule has 0 spiro atoms. The van der Waals surface area contributed by atoms with E-state index in [9.17, 15) is 9.59 Å². The predicted octanol–water partition coefficient (Wildman–Crippen LogP) is 5.69. The van der Waals surface area contributed by atoms with Crippen molar-refractivity contribution >= 4 is 11.9 Å². The van der Waals surface area contributed by atoms with Crippen LogP contribution in [0, 0.1) is 27.6 Å². The molecule has 0 aromatic heterocycles. The molecule has 0 aromatic carbocycles. The van der Waals surface area contributed by atoms with Crippen molar-refractivity contribution in [2.75, 3.05) is 0 Å². The fourth-order valence-electron chi connectivity index (χ4n) is 3.89. The predicted molar refractivity (Wildman–Crippen MR) is 105 cm³/mol. The van der Waals surface area contributed by atoms with Gasteiger partial charge in [-0.25, -0.2) is 0 Å². The summed E-state index contributed by atoms with van der Waals surface area (Å²) in [6.45, 7) is 18.3. The fourth-order valence-corrected chi connectivity index (χ4v) is 3.89. The summed E-state index contributed by atoms with van der Waals surface area (Å²) < 4.78 is 5.90. The van der Waals surface area contributed by atoms with E-state index in [1.807, 2.05) is 27.7 Å². The summed E-state index contributed by atoms with van der Waals surface area (Å²) in [5, 5.41) is 8.44. The van der Waals surface area contributed by atoms with Crippen molar-refractivity contribution in [3.05, 3.63) is 0 Å². The number of carboxylic acids is 1. The molecule has 3 atom stereocenters. The molecule has 0 saturated heterocycles. The first kappa shape index (κ1) is 23.0. The molecular formula is C22H40O4. The Bertz CT molecular complexity index is 532. The lowest BCUT2D eigenvalue weighted by atomic mass is 9.70. The Morgan fingerprint density at radius 3 is 1.81 bits per heavy atom. The summed E-state index contributed by atoms with van der Waals surface area (Å²) in [5.41, 5.74) is -0.395. The molecule has 1 N–H and O–H groups in total. The van der Waals surface area contributed by atoms with Gasteiger partial charge in [0.15, 0.2) is 0 Å². The maximum Gasteiger partial charge on any atom is 0.311 e. The van der Waals surface area contributed by atoms with Crippen LogP contribution < -0.4 is 0 Å². The van der Waals surface area contributed by atoms with Crippen LogP contribution in [0.5, 0.6) is 0 Å². The topological polar surface area (TPSA) is 63.6 Å². The van der Waals surface area contributed by atoms with Gasteiger partial charge < -0.3 is 9.84 Å². The summed E-state index contributed by atoms with van der Waals surface area (Å²) in [6, 6.07) is 0. The maximum atomic E-state index is 12.3. The number of aliphatic carboxylic acids is 1. The van der Waals surface area contributed by atoms with Gasteiger partial charge in [0.2, 0.25) is 0 Å². The van der Waals surface area contributed by atoms with E-state index >= 15 is 0 Å². The monoisotopic (exact) mass is 368 g/mol. The van der Waals surface area contributed by atoms with Gasteiger partial charge in [0.05, 0.1) is 10.8 Å². The number of hydrogen-bond acceptors (Lipinski definition) is 3. The molecule has 2 aliphatic carbocycles. The third kappa shape index (κ3) is 4.09. The molecule has 2 bridgehead atoms. The number of rotatable bonds is 5. The highest BCUT2D eigenvalue weighted by atomic mass is 16.5. The van der Waals surface area contributed by atoms with E-state index in [0.29, 0.717) is 11.8 Å². The first-order chi connectivity index (χ1) is 11.7. The molecule has 26 heavy (non-hydrogen) atoms. The van der Waals surface area contributed by atoms with Crippen molar-refractivity contribution in [3.8, 4) is 0 Å². The number of carboxylic acid groups (broad SMARTS) is 1. The Balaban J connectivity index is 0.000000359. The van der Waals surface area contributed by atoms with Gasteiger partial charge in [0, 0.05) is 5.41 Å². The molecule has 0 amide bonds. The second-order valence-electron chi connectivity index (χ2n) is 10.3. The maximum absolute atomic E-state index is 12.3. The summed E-state index contributed by atoms with van der Waals surface area (Å²) >= 11 is 0. The minimum atomic E-state index is -0.722. The van der Waals surface area contributed by atoms with E-state index in [1.165, 1.54) is 12.8 Å². The normalized spacial score (nSPS) is 29.7. The van der Waals surface area contributed by atoms with Crippen LogP contribution in [0.4, 0.5) is 0 Å². The van der Waals surface area contributed by atoms with Gasteiger partial charge in [-0.05, 0) is 71.1 Å². The Morgan fingerprint density at radius 1 is 1.04 bits per heavy atom. The number of ether oxygens (including phenoxy) is 1. The van der Waals surface area contributed by atoms with Crippen LogP contribution in [-0.2, 0) is 14.3 Å². The first-order valence-electron chi connectivity index (χ1n) is 10.1. The molecule has 4 heteroatoms. The van der Waals surface area contributed by atoms with Crippen molar-refractivity contribution < 1.29 is 19.4 Å². The molecule has 0 aliphatic heterocycles. The van der Waals surface area contributed by atoms with Crippen molar-refractivity contribution in [1.29, 1.82) is 0 Å². The lowest BCUT2D eigenvalue weighted by Crippen LogP contribution is -2.40. The molecular weight excluding hydrogens is 328 g/mol. The molecule has 2 rings (SSSR count). The van der Waals surface area contributed by atoms with Gasteiger partial charge in [-0.2, -0.15) is 0 Å². The zero-order chi connectivity index (χ0) is 20.6. The molecule has 0 radical (unpaired) electrons. The molecule has 4 nitrogen and oxygen atoms in total. The Hall–Kier alpha value is -1.06. The lowest BCUT2D eigenvalue weighted by Gasteiger charge is -2.39. The quantitative estimate of drug-likeness (QED) is 0.633. The van der Waals surface area contributed by atoms with E-state index in [-0.39, 0.29) is 22.9 Å². The van der Waals surface area contributed by atoms with Crippen LogP contribution in [0.3, 0.4) is 0 Å². The second-order valence-corrected chi connectivity index (χ2v) is 10.3. The van der Waals surface area contributed by atoms with Crippen LogP contribution in [0.2, 0.25) is 0 Å². The van der Waals surface area contributed by atoms with E-state index in [0.717, 1.165) is 18.8 Å². The third-order valence-corrected chi connectivity index (χ3v) is 7.86. The van der Waals surface area contributed by atoms with Gasteiger partial charge in [-0.3, -0.25) is 9.59 Å². The molecule has 152 valence electrons. The molecule has 3 unspecified atom stereocenters. The van der Waals surface area contributed by atoms with Gasteiger partial charge >= 0.3 is 11.9 Å². The standard InChI is InChI=1S/C16H28O2.C6H12O2/c1-7-14(2,3)13(17)18-12-10-11-8-9-16(12,6)15(11,4)5;1-4-6(2,3)5(7)8/h11-12H,7-10H2,1-6H3;4H2,1-3H3,(H,7,8). The molecule has 0 aromatic rings. The average molecular weight is 369 g/mol. The summed E-state index contributed by atoms with van der Waals surface area (Å²) in [6.07, 6.45) is 5.22. The zero-order valence-electron chi connectivity index (χ0n) is 18.4. The third-order valence-electron chi connectivity index (χ3n) is 7.86. The Labute approximate surface area is 160 Å². The summed E-state index contributed by atoms with van der Waals surface area (Å²) in [7, 11) is 0. The van der Waals surface area contributed by atoms with E-state index in [2.05, 4.69) is 20.8 Å². The smallest absolute Gasteiger partial charge is 0.311 e.